The molecule has 0 radical (unpaired) electrons. The van der Waals surface area contributed by atoms with Crippen LogP contribution in [0.5, 0.6) is 0 Å². The molecule has 0 bridgehead atoms. The summed E-state index contributed by atoms with van der Waals surface area (Å²) in [4.78, 5) is 12.1. The highest BCUT2D eigenvalue weighted by molar-refractivity contribution is 5.78. The van der Waals surface area contributed by atoms with Crippen LogP contribution in [0.3, 0.4) is 0 Å². The molecule has 0 atom stereocenters. The molecule has 0 saturated heterocycles. The largest absolute Gasteiger partial charge is 0.396 e. The van der Waals surface area contributed by atoms with Crippen LogP contribution >= 0.6 is 0 Å². The minimum absolute atomic E-state index is 0.0357. The van der Waals surface area contributed by atoms with Crippen LogP contribution in [0, 0.1) is 17.3 Å². The van der Waals surface area contributed by atoms with Gasteiger partial charge in [-0.25, -0.2) is 0 Å². The van der Waals surface area contributed by atoms with Crippen molar-refractivity contribution >= 4 is 5.91 Å². The number of hydrogen-bond donors (Lipinski definition) is 2. The van der Waals surface area contributed by atoms with Crippen LogP contribution in [0.15, 0.2) is 0 Å². The highest BCUT2D eigenvalue weighted by atomic mass is 16.3. The van der Waals surface area contributed by atoms with E-state index >= 15 is 0 Å². The zero-order valence-electron chi connectivity index (χ0n) is 12.3. The Morgan fingerprint density at radius 2 is 1.95 bits per heavy atom. The Hall–Kier alpha value is -0.570. The maximum Gasteiger partial charge on any atom is 0.223 e. The van der Waals surface area contributed by atoms with E-state index in [4.69, 9.17) is 0 Å². The lowest BCUT2D eigenvalue weighted by atomic mass is 9.79. The van der Waals surface area contributed by atoms with Crippen LogP contribution in [-0.4, -0.2) is 24.2 Å². The summed E-state index contributed by atoms with van der Waals surface area (Å²) in [5.41, 5.74) is 0.0357. The van der Waals surface area contributed by atoms with E-state index < -0.39 is 0 Å². The molecular weight excluding hydrogens is 238 g/mol. The summed E-state index contributed by atoms with van der Waals surface area (Å²) in [7, 11) is 0. The van der Waals surface area contributed by atoms with Crippen LogP contribution in [0.2, 0.25) is 0 Å². The molecule has 19 heavy (non-hydrogen) atoms. The summed E-state index contributed by atoms with van der Waals surface area (Å²) < 4.78 is 0. The Labute approximate surface area is 117 Å². The van der Waals surface area contributed by atoms with E-state index in [0.29, 0.717) is 6.54 Å². The van der Waals surface area contributed by atoms with E-state index in [-0.39, 0.29) is 23.8 Å². The fourth-order valence-corrected chi connectivity index (χ4v) is 3.19. The maximum atomic E-state index is 12.1. The van der Waals surface area contributed by atoms with Crippen molar-refractivity contribution in [3.63, 3.8) is 0 Å². The molecule has 0 aromatic heterocycles. The molecular formula is C16H29NO2. The number of nitrogens with one attached hydrogen (secondary N) is 1. The van der Waals surface area contributed by atoms with Crippen LogP contribution in [-0.2, 0) is 4.79 Å². The van der Waals surface area contributed by atoms with Gasteiger partial charge in [-0.3, -0.25) is 4.79 Å². The molecule has 0 aliphatic heterocycles. The van der Waals surface area contributed by atoms with Gasteiger partial charge < -0.3 is 10.4 Å². The summed E-state index contributed by atoms with van der Waals surface area (Å²) in [6.07, 6.45) is 10.7. The van der Waals surface area contributed by atoms with Gasteiger partial charge in [0.25, 0.3) is 0 Å². The molecule has 0 heterocycles. The molecule has 2 saturated carbocycles. The van der Waals surface area contributed by atoms with Gasteiger partial charge in [-0.05, 0) is 44.4 Å². The van der Waals surface area contributed by atoms with Gasteiger partial charge in [0, 0.05) is 17.9 Å². The molecule has 110 valence electrons. The molecule has 2 N–H and O–H groups in total. The number of amides is 1. The van der Waals surface area contributed by atoms with E-state index in [1.165, 1.54) is 32.1 Å². The quantitative estimate of drug-likeness (QED) is 0.745. The van der Waals surface area contributed by atoms with Crippen LogP contribution < -0.4 is 5.32 Å². The Kier molecular flexibility index (Phi) is 5.26. The molecule has 0 spiro atoms. The van der Waals surface area contributed by atoms with Gasteiger partial charge in [0.05, 0.1) is 6.61 Å². The maximum absolute atomic E-state index is 12.1. The first-order valence-corrected chi connectivity index (χ1v) is 8.08. The van der Waals surface area contributed by atoms with Crippen molar-refractivity contribution in [3.05, 3.63) is 0 Å². The lowest BCUT2D eigenvalue weighted by Crippen LogP contribution is -2.37. The standard InChI is InChI=1S/C16H29NO2/c1-2-3-4-13-5-7-14(8-6-13)15(19)17-11-16(12-18)9-10-16/h13-14,18H,2-12H2,1H3,(H,17,19). The number of aliphatic hydroxyl groups excluding tert-OH is 1. The van der Waals surface area contributed by atoms with Gasteiger partial charge in [0.15, 0.2) is 0 Å². The van der Waals surface area contributed by atoms with E-state index in [9.17, 15) is 9.90 Å². The van der Waals surface area contributed by atoms with Gasteiger partial charge in [-0.1, -0.05) is 26.2 Å². The van der Waals surface area contributed by atoms with Crippen LogP contribution in [0.4, 0.5) is 0 Å². The van der Waals surface area contributed by atoms with E-state index in [1.54, 1.807) is 0 Å². The predicted molar refractivity (Wildman–Crippen MR) is 76.7 cm³/mol. The lowest BCUT2D eigenvalue weighted by molar-refractivity contribution is -0.126. The Morgan fingerprint density at radius 1 is 1.26 bits per heavy atom. The average molecular weight is 267 g/mol. The number of unbranched alkanes of at least 4 members (excludes halogenated alkanes) is 1. The molecule has 3 heteroatoms. The molecule has 2 aliphatic rings. The van der Waals surface area contributed by atoms with Crippen molar-refractivity contribution in [1.29, 1.82) is 0 Å². The summed E-state index contributed by atoms with van der Waals surface area (Å²) in [5.74, 6) is 1.32. The molecule has 0 unspecified atom stereocenters. The van der Waals surface area contributed by atoms with E-state index in [1.807, 2.05) is 0 Å². The van der Waals surface area contributed by atoms with Crippen LogP contribution in [0.1, 0.15) is 64.7 Å². The smallest absolute Gasteiger partial charge is 0.223 e. The highest BCUT2D eigenvalue weighted by Crippen LogP contribution is 2.44. The SMILES string of the molecule is CCCCC1CCC(C(=O)NCC2(CO)CC2)CC1. The molecule has 1 amide bonds. The number of rotatable bonds is 7. The van der Waals surface area contributed by atoms with Crippen molar-refractivity contribution < 1.29 is 9.90 Å². The first kappa shape index (κ1) is 14.8. The molecule has 0 aromatic carbocycles. The predicted octanol–water partition coefficient (Wildman–Crippen LogP) is 2.87. The third-order valence-electron chi connectivity index (χ3n) is 5.11. The normalized spacial score (nSPS) is 28.9. The summed E-state index contributed by atoms with van der Waals surface area (Å²) in [5, 5.41) is 12.3. The zero-order chi connectivity index (χ0) is 13.7. The third kappa shape index (κ3) is 4.20. The molecule has 0 aromatic rings. The van der Waals surface area contributed by atoms with E-state index in [0.717, 1.165) is 31.6 Å². The number of carbonyl (C=O) groups is 1. The van der Waals surface area contributed by atoms with Gasteiger partial charge in [-0.2, -0.15) is 0 Å². The summed E-state index contributed by atoms with van der Waals surface area (Å²) >= 11 is 0. The van der Waals surface area contributed by atoms with Crippen molar-refractivity contribution in [3.8, 4) is 0 Å². The first-order valence-electron chi connectivity index (χ1n) is 8.08. The summed E-state index contributed by atoms with van der Waals surface area (Å²) in [6.45, 7) is 3.14. The minimum atomic E-state index is 0.0357. The van der Waals surface area contributed by atoms with Gasteiger partial charge in [0.2, 0.25) is 5.91 Å². The summed E-state index contributed by atoms with van der Waals surface area (Å²) in [6, 6.07) is 0. The topological polar surface area (TPSA) is 49.3 Å². The third-order valence-corrected chi connectivity index (χ3v) is 5.11. The van der Waals surface area contributed by atoms with Crippen molar-refractivity contribution in [2.75, 3.05) is 13.2 Å². The second-order valence-electron chi connectivity index (χ2n) is 6.74. The highest BCUT2D eigenvalue weighted by Gasteiger charge is 2.42. The second kappa shape index (κ2) is 6.74. The molecule has 2 aliphatic carbocycles. The Bertz CT molecular complexity index is 291. The number of aliphatic hydroxyl groups is 1. The first-order chi connectivity index (χ1) is 9.19. The molecule has 2 rings (SSSR count). The van der Waals surface area contributed by atoms with Crippen molar-refractivity contribution in [1.82, 2.24) is 5.32 Å². The molecule has 2 fully saturated rings. The van der Waals surface area contributed by atoms with Gasteiger partial charge >= 0.3 is 0 Å². The molecule has 3 nitrogen and oxygen atoms in total. The van der Waals surface area contributed by atoms with Gasteiger partial charge in [0.1, 0.15) is 0 Å². The number of hydrogen-bond acceptors (Lipinski definition) is 2. The van der Waals surface area contributed by atoms with Gasteiger partial charge in [-0.15, -0.1) is 0 Å². The monoisotopic (exact) mass is 267 g/mol. The second-order valence-corrected chi connectivity index (χ2v) is 6.74. The Balaban J connectivity index is 1.65. The van der Waals surface area contributed by atoms with E-state index in [2.05, 4.69) is 12.2 Å². The average Bonchev–Trinajstić information content (AvgIpc) is 3.24. The lowest BCUT2D eigenvalue weighted by Gasteiger charge is -2.28. The number of carbonyl (C=O) groups excluding carboxylic acids is 1. The van der Waals surface area contributed by atoms with Crippen molar-refractivity contribution in [2.24, 2.45) is 17.3 Å². The Morgan fingerprint density at radius 3 is 2.47 bits per heavy atom. The van der Waals surface area contributed by atoms with Crippen molar-refractivity contribution in [2.45, 2.75) is 64.7 Å². The fourth-order valence-electron chi connectivity index (χ4n) is 3.19. The fraction of sp³-hybridized carbons (Fsp3) is 0.938. The van der Waals surface area contributed by atoms with Crippen LogP contribution in [0.25, 0.3) is 0 Å². The zero-order valence-corrected chi connectivity index (χ0v) is 12.3. The minimum Gasteiger partial charge on any atom is -0.396 e.